The van der Waals surface area contributed by atoms with Crippen molar-refractivity contribution in [3.05, 3.63) is 97.3 Å². The molecular formula is C23H17N5O. The number of oxazole rings is 1. The van der Waals surface area contributed by atoms with Crippen molar-refractivity contribution in [2.75, 3.05) is 0 Å². The van der Waals surface area contributed by atoms with Crippen LogP contribution in [0.4, 0.5) is 0 Å². The number of nitrogens with zero attached hydrogens (tertiary/aromatic N) is 5. The van der Waals surface area contributed by atoms with Gasteiger partial charge >= 0.3 is 0 Å². The zero-order valence-corrected chi connectivity index (χ0v) is 15.5. The van der Waals surface area contributed by atoms with E-state index in [1.165, 1.54) is 0 Å². The van der Waals surface area contributed by atoms with Crippen LogP contribution in [0, 0.1) is 0 Å². The summed E-state index contributed by atoms with van der Waals surface area (Å²) in [5, 5.41) is 8.44. The van der Waals surface area contributed by atoms with Gasteiger partial charge in [0, 0.05) is 29.1 Å². The fourth-order valence-corrected chi connectivity index (χ4v) is 3.17. The monoisotopic (exact) mass is 379 g/mol. The molecule has 0 spiro atoms. The van der Waals surface area contributed by atoms with Crippen molar-refractivity contribution in [2.45, 2.75) is 6.54 Å². The molecule has 0 aliphatic carbocycles. The fourth-order valence-electron chi connectivity index (χ4n) is 3.17. The predicted octanol–water partition coefficient (Wildman–Crippen LogP) is 4.71. The van der Waals surface area contributed by atoms with Crippen LogP contribution in [0.1, 0.15) is 5.89 Å². The lowest BCUT2D eigenvalue weighted by Crippen LogP contribution is -2.00. The zero-order chi connectivity index (χ0) is 19.5. The molecule has 0 aliphatic rings. The van der Waals surface area contributed by atoms with E-state index < -0.39 is 0 Å². The highest BCUT2D eigenvalue weighted by Crippen LogP contribution is 2.32. The van der Waals surface area contributed by atoms with Gasteiger partial charge in [0.2, 0.25) is 5.89 Å². The summed E-state index contributed by atoms with van der Waals surface area (Å²) in [5.41, 5.74) is 4.49. The second-order valence-corrected chi connectivity index (χ2v) is 6.56. The number of hydrogen-bond donors (Lipinski definition) is 0. The van der Waals surface area contributed by atoms with Crippen LogP contribution in [0.3, 0.4) is 0 Å². The minimum atomic E-state index is 0.389. The highest BCUT2D eigenvalue weighted by Gasteiger charge is 2.17. The number of rotatable bonds is 5. The summed E-state index contributed by atoms with van der Waals surface area (Å²) < 4.78 is 7.88. The van der Waals surface area contributed by atoms with Crippen LogP contribution in [0.25, 0.3) is 33.8 Å². The van der Waals surface area contributed by atoms with Crippen molar-refractivity contribution in [1.82, 2.24) is 25.0 Å². The molecule has 0 bridgehead atoms. The van der Waals surface area contributed by atoms with Gasteiger partial charge in [-0.1, -0.05) is 65.9 Å². The molecule has 0 aliphatic heterocycles. The third-order valence-electron chi connectivity index (χ3n) is 4.55. The van der Waals surface area contributed by atoms with Crippen LogP contribution < -0.4 is 0 Å². The fraction of sp³-hybridized carbons (Fsp3) is 0.0435. The lowest BCUT2D eigenvalue weighted by molar-refractivity contribution is 0.469. The average Bonchev–Trinajstić information content (AvgIpc) is 3.43. The van der Waals surface area contributed by atoms with E-state index in [4.69, 9.17) is 9.40 Å². The van der Waals surface area contributed by atoms with Gasteiger partial charge in [0.1, 0.15) is 17.9 Å². The van der Waals surface area contributed by atoms with E-state index in [1.54, 1.807) is 17.1 Å². The molecule has 5 rings (SSSR count). The van der Waals surface area contributed by atoms with Crippen molar-refractivity contribution < 1.29 is 4.42 Å². The topological polar surface area (TPSA) is 69.6 Å². The second-order valence-electron chi connectivity index (χ2n) is 6.56. The highest BCUT2D eigenvalue weighted by atomic mass is 16.4. The van der Waals surface area contributed by atoms with Gasteiger partial charge in [-0.3, -0.25) is 4.98 Å². The van der Waals surface area contributed by atoms with Crippen molar-refractivity contribution in [3.8, 4) is 33.8 Å². The number of benzene rings is 2. The summed E-state index contributed by atoms with van der Waals surface area (Å²) in [7, 11) is 0. The molecule has 0 N–H and O–H groups in total. The van der Waals surface area contributed by atoms with Crippen molar-refractivity contribution in [2.24, 2.45) is 0 Å². The quantitative estimate of drug-likeness (QED) is 0.442. The van der Waals surface area contributed by atoms with Gasteiger partial charge in [0.25, 0.3) is 0 Å². The Hall–Kier alpha value is -4.06. The maximum absolute atomic E-state index is 6.16. The Morgan fingerprint density at radius 3 is 2.24 bits per heavy atom. The molecule has 29 heavy (non-hydrogen) atoms. The summed E-state index contributed by atoms with van der Waals surface area (Å²) in [6.07, 6.45) is 5.36. The number of aromatic nitrogens is 5. The van der Waals surface area contributed by atoms with Crippen molar-refractivity contribution >= 4 is 0 Å². The van der Waals surface area contributed by atoms with Gasteiger partial charge in [-0.25, -0.2) is 9.67 Å². The summed E-state index contributed by atoms with van der Waals surface area (Å²) in [5.74, 6) is 1.32. The Balaban J connectivity index is 1.50. The molecule has 0 radical (unpaired) electrons. The molecule has 0 amide bonds. The third-order valence-corrected chi connectivity index (χ3v) is 4.55. The Labute approximate surface area is 167 Å². The zero-order valence-electron chi connectivity index (χ0n) is 15.5. The molecule has 3 heterocycles. The molecule has 0 atom stereocenters. The van der Waals surface area contributed by atoms with Gasteiger partial charge in [-0.05, 0) is 12.1 Å². The Kier molecular flexibility index (Phi) is 4.42. The smallest absolute Gasteiger partial charge is 0.217 e. The van der Waals surface area contributed by atoms with Crippen LogP contribution in [0.5, 0.6) is 0 Å². The molecule has 0 saturated heterocycles. The van der Waals surface area contributed by atoms with E-state index >= 15 is 0 Å². The molecule has 3 aromatic heterocycles. The minimum absolute atomic E-state index is 0.389. The first-order valence-corrected chi connectivity index (χ1v) is 9.28. The number of pyridine rings is 1. The van der Waals surface area contributed by atoms with Crippen LogP contribution in [0.15, 0.2) is 95.8 Å². The first kappa shape index (κ1) is 17.1. The summed E-state index contributed by atoms with van der Waals surface area (Å²) in [6, 6.07) is 23.9. The summed E-state index contributed by atoms with van der Waals surface area (Å²) in [4.78, 5) is 8.89. The van der Waals surface area contributed by atoms with Crippen LogP contribution >= 0.6 is 0 Å². The normalized spacial score (nSPS) is 10.9. The van der Waals surface area contributed by atoms with E-state index in [-0.39, 0.29) is 0 Å². The predicted molar refractivity (Wildman–Crippen MR) is 110 cm³/mol. The second kappa shape index (κ2) is 7.52. The molecule has 2 aromatic carbocycles. The molecule has 0 unspecified atom stereocenters. The lowest BCUT2D eigenvalue weighted by atomic mass is 10.1. The molecule has 0 fully saturated rings. The SMILES string of the molecule is c1ccc(-c2nc(Cn3cc(-c4cccnc4)nn3)oc2-c2ccccc2)cc1. The average molecular weight is 379 g/mol. The maximum atomic E-state index is 6.16. The van der Waals surface area contributed by atoms with Gasteiger partial charge in [-0.2, -0.15) is 0 Å². The largest absolute Gasteiger partial charge is 0.438 e. The van der Waals surface area contributed by atoms with Crippen LogP contribution in [-0.2, 0) is 6.54 Å². The summed E-state index contributed by atoms with van der Waals surface area (Å²) in [6.45, 7) is 0.389. The Morgan fingerprint density at radius 2 is 1.52 bits per heavy atom. The van der Waals surface area contributed by atoms with E-state index in [0.29, 0.717) is 12.4 Å². The van der Waals surface area contributed by atoms with E-state index in [9.17, 15) is 0 Å². The molecule has 5 aromatic rings. The maximum Gasteiger partial charge on any atom is 0.217 e. The van der Waals surface area contributed by atoms with Gasteiger partial charge in [0.05, 0.1) is 6.20 Å². The Morgan fingerprint density at radius 1 is 0.793 bits per heavy atom. The van der Waals surface area contributed by atoms with Crippen LogP contribution in [-0.4, -0.2) is 25.0 Å². The molecule has 140 valence electrons. The lowest BCUT2D eigenvalue weighted by Gasteiger charge is -2.00. The standard InChI is InChI=1S/C23H17N5O/c1-3-8-17(9-4-1)22-23(18-10-5-2-6-11-18)29-21(25-22)16-28-15-20(26-27-28)19-12-7-13-24-14-19/h1-15H,16H2. The van der Waals surface area contributed by atoms with E-state index in [1.807, 2.05) is 79.0 Å². The van der Waals surface area contributed by atoms with Crippen molar-refractivity contribution in [1.29, 1.82) is 0 Å². The van der Waals surface area contributed by atoms with E-state index in [2.05, 4.69) is 15.3 Å². The first-order valence-electron chi connectivity index (χ1n) is 9.28. The van der Waals surface area contributed by atoms with Gasteiger partial charge < -0.3 is 4.42 Å². The molecule has 6 nitrogen and oxygen atoms in total. The van der Waals surface area contributed by atoms with Crippen molar-refractivity contribution in [3.63, 3.8) is 0 Å². The van der Waals surface area contributed by atoms with Gasteiger partial charge in [0.15, 0.2) is 5.76 Å². The van der Waals surface area contributed by atoms with E-state index in [0.717, 1.165) is 33.8 Å². The molecule has 6 heteroatoms. The first-order chi connectivity index (χ1) is 14.4. The minimum Gasteiger partial charge on any atom is -0.438 e. The highest BCUT2D eigenvalue weighted by molar-refractivity contribution is 5.76. The molecule has 0 saturated carbocycles. The Bertz CT molecular complexity index is 1160. The third kappa shape index (κ3) is 3.55. The molecular weight excluding hydrogens is 362 g/mol. The van der Waals surface area contributed by atoms with Gasteiger partial charge in [-0.15, -0.1) is 5.10 Å². The summed E-state index contributed by atoms with van der Waals surface area (Å²) >= 11 is 0. The van der Waals surface area contributed by atoms with Crippen LogP contribution in [0.2, 0.25) is 0 Å². The number of hydrogen-bond acceptors (Lipinski definition) is 5.